The molecule has 1 saturated heterocycles. The van der Waals surface area contributed by atoms with Gasteiger partial charge in [-0.1, -0.05) is 12.1 Å². The molecule has 1 aliphatic rings. The monoisotopic (exact) mass is 289 g/mol. The standard InChI is InChI=1S/C16H23N3S/c1-11(2)18-8-7-13(9-18)10-19-15-12(3)5-4-6-14(15)17-16(19)20/h4-6,11,13H,7-10H2,1-3H3,(H,17,20). The molecular weight excluding hydrogens is 266 g/mol. The van der Waals surface area contributed by atoms with Gasteiger partial charge < -0.3 is 14.5 Å². The third-order valence-corrected chi connectivity index (χ3v) is 4.81. The van der Waals surface area contributed by atoms with E-state index in [0.717, 1.165) is 16.8 Å². The highest BCUT2D eigenvalue weighted by Gasteiger charge is 2.25. The summed E-state index contributed by atoms with van der Waals surface area (Å²) >= 11 is 5.52. The molecule has 0 radical (unpaired) electrons. The summed E-state index contributed by atoms with van der Waals surface area (Å²) in [5.41, 5.74) is 3.74. The summed E-state index contributed by atoms with van der Waals surface area (Å²) in [6.07, 6.45) is 1.28. The van der Waals surface area contributed by atoms with Crippen LogP contribution in [-0.4, -0.2) is 33.6 Å². The molecule has 1 aromatic carbocycles. The van der Waals surface area contributed by atoms with Crippen molar-refractivity contribution in [3.8, 4) is 0 Å². The Balaban J connectivity index is 1.89. The molecule has 1 unspecified atom stereocenters. The van der Waals surface area contributed by atoms with Gasteiger partial charge in [0.05, 0.1) is 11.0 Å². The van der Waals surface area contributed by atoms with Crippen molar-refractivity contribution in [1.82, 2.24) is 14.5 Å². The zero-order valence-electron chi connectivity index (χ0n) is 12.5. The van der Waals surface area contributed by atoms with Crippen LogP contribution in [0.1, 0.15) is 25.8 Å². The summed E-state index contributed by atoms with van der Waals surface area (Å²) in [6, 6.07) is 7.02. The van der Waals surface area contributed by atoms with Crippen LogP contribution < -0.4 is 0 Å². The number of para-hydroxylation sites is 1. The van der Waals surface area contributed by atoms with Crippen molar-refractivity contribution in [2.75, 3.05) is 13.1 Å². The lowest BCUT2D eigenvalue weighted by atomic mass is 10.1. The Hall–Kier alpha value is -1.13. The highest BCUT2D eigenvalue weighted by atomic mass is 32.1. The molecule has 20 heavy (non-hydrogen) atoms. The minimum absolute atomic E-state index is 0.651. The van der Waals surface area contributed by atoms with Gasteiger partial charge in [0.25, 0.3) is 0 Å². The molecule has 0 aliphatic carbocycles. The second kappa shape index (κ2) is 5.34. The Morgan fingerprint density at radius 2 is 2.20 bits per heavy atom. The van der Waals surface area contributed by atoms with E-state index in [1.54, 1.807) is 0 Å². The highest BCUT2D eigenvalue weighted by Crippen LogP contribution is 2.24. The molecule has 0 bridgehead atoms. The Morgan fingerprint density at radius 3 is 2.90 bits per heavy atom. The number of aromatic nitrogens is 2. The van der Waals surface area contributed by atoms with Gasteiger partial charge in [-0.15, -0.1) is 0 Å². The number of nitrogens with zero attached hydrogens (tertiary/aromatic N) is 2. The smallest absolute Gasteiger partial charge is 0.178 e. The van der Waals surface area contributed by atoms with Gasteiger partial charge in [-0.3, -0.25) is 0 Å². The van der Waals surface area contributed by atoms with Crippen LogP contribution in [0.3, 0.4) is 0 Å². The molecule has 1 aliphatic heterocycles. The molecule has 1 fully saturated rings. The fourth-order valence-electron chi connectivity index (χ4n) is 3.32. The number of rotatable bonds is 3. The van der Waals surface area contributed by atoms with Gasteiger partial charge in [0, 0.05) is 19.1 Å². The first-order valence-corrected chi connectivity index (χ1v) is 7.89. The summed E-state index contributed by atoms with van der Waals surface area (Å²) in [5.74, 6) is 0.711. The van der Waals surface area contributed by atoms with Gasteiger partial charge >= 0.3 is 0 Å². The van der Waals surface area contributed by atoms with Gasteiger partial charge in [-0.25, -0.2) is 0 Å². The molecule has 2 aromatic rings. The maximum atomic E-state index is 5.52. The van der Waals surface area contributed by atoms with E-state index in [-0.39, 0.29) is 0 Å². The fraction of sp³-hybridized carbons (Fsp3) is 0.562. The predicted octanol–water partition coefficient (Wildman–Crippen LogP) is 3.74. The van der Waals surface area contributed by atoms with E-state index in [2.05, 4.69) is 53.4 Å². The Morgan fingerprint density at radius 1 is 1.40 bits per heavy atom. The number of hydrogen-bond donors (Lipinski definition) is 1. The first-order valence-electron chi connectivity index (χ1n) is 7.48. The second-order valence-corrected chi connectivity index (χ2v) is 6.64. The normalized spacial score (nSPS) is 20.3. The maximum Gasteiger partial charge on any atom is 0.178 e. The first-order chi connectivity index (χ1) is 9.56. The second-order valence-electron chi connectivity index (χ2n) is 6.26. The lowest BCUT2D eigenvalue weighted by Gasteiger charge is -2.20. The van der Waals surface area contributed by atoms with Crippen molar-refractivity contribution in [3.05, 3.63) is 28.5 Å². The first kappa shape index (κ1) is 13.8. The van der Waals surface area contributed by atoms with E-state index in [0.29, 0.717) is 12.0 Å². The van der Waals surface area contributed by atoms with Crippen LogP contribution in [0.5, 0.6) is 0 Å². The number of fused-ring (bicyclic) bond motifs is 1. The lowest BCUT2D eigenvalue weighted by molar-refractivity contribution is 0.261. The topological polar surface area (TPSA) is 24.0 Å². The molecule has 4 heteroatoms. The summed E-state index contributed by atoms with van der Waals surface area (Å²) in [7, 11) is 0. The van der Waals surface area contributed by atoms with Crippen molar-refractivity contribution in [2.24, 2.45) is 5.92 Å². The van der Waals surface area contributed by atoms with Crippen molar-refractivity contribution in [3.63, 3.8) is 0 Å². The molecule has 1 atom stereocenters. The van der Waals surface area contributed by atoms with Gasteiger partial charge in [0.2, 0.25) is 0 Å². The third kappa shape index (κ3) is 2.42. The molecule has 0 saturated carbocycles. The average molecular weight is 289 g/mol. The van der Waals surface area contributed by atoms with E-state index < -0.39 is 0 Å². The number of hydrogen-bond acceptors (Lipinski definition) is 2. The number of H-pyrrole nitrogens is 1. The quantitative estimate of drug-likeness (QED) is 0.870. The Labute approximate surface area is 125 Å². The zero-order valence-corrected chi connectivity index (χ0v) is 13.3. The van der Waals surface area contributed by atoms with E-state index in [1.165, 1.54) is 30.6 Å². The van der Waals surface area contributed by atoms with Crippen molar-refractivity contribution >= 4 is 23.3 Å². The molecule has 2 heterocycles. The summed E-state index contributed by atoms with van der Waals surface area (Å²) < 4.78 is 3.16. The predicted molar refractivity (Wildman–Crippen MR) is 86.7 cm³/mol. The summed E-state index contributed by atoms with van der Waals surface area (Å²) in [4.78, 5) is 5.91. The van der Waals surface area contributed by atoms with Crippen molar-refractivity contribution < 1.29 is 0 Å². The number of likely N-dealkylation sites (tertiary alicyclic amines) is 1. The van der Waals surface area contributed by atoms with Crippen LogP contribution in [0.2, 0.25) is 0 Å². The van der Waals surface area contributed by atoms with Crippen LogP contribution in [0.15, 0.2) is 18.2 Å². The van der Waals surface area contributed by atoms with E-state index >= 15 is 0 Å². The SMILES string of the molecule is Cc1cccc2[nH]c(=S)n(CC3CCN(C(C)C)C3)c12. The molecule has 0 amide bonds. The minimum atomic E-state index is 0.651. The number of aromatic amines is 1. The van der Waals surface area contributed by atoms with Gasteiger partial charge in [-0.05, 0) is 63.5 Å². The largest absolute Gasteiger partial charge is 0.331 e. The number of imidazole rings is 1. The molecule has 3 rings (SSSR count). The lowest BCUT2D eigenvalue weighted by Crippen LogP contribution is -2.28. The molecule has 1 aromatic heterocycles. The van der Waals surface area contributed by atoms with Crippen LogP contribution in [0.25, 0.3) is 11.0 Å². The summed E-state index contributed by atoms with van der Waals surface area (Å²) in [6.45, 7) is 10.2. The third-order valence-electron chi connectivity index (χ3n) is 4.48. The van der Waals surface area contributed by atoms with Crippen molar-refractivity contribution in [1.29, 1.82) is 0 Å². The average Bonchev–Trinajstić information content (AvgIpc) is 2.97. The number of benzene rings is 1. The summed E-state index contributed by atoms with van der Waals surface area (Å²) in [5, 5.41) is 0. The molecule has 3 nitrogen and oxygen atoms in total. The molecule has 108 valence electrons. The van der Waals surface area contributed by atoms with Crippen LogP contribution in [0, 0.1) is 17.6 Å². The van der Waals surface area contributed by atoms with E-state index in [4.69, 9.17) is 12.2 Å². The molecule has 1 N–H and O–H groups in total. The van der Waals surface area contributed by atoms with Gasteiger partial charge in [0.1, 0.15) is 0 Å². The van der Waals surface area contributed by atoms with Gasteiger partial charge in [0.15, 0.2) is 4.77 Å². The van der Waals surface area contributed by atoms with E-state index in [1.807, 2.05) is 0 Å². The number of aryl methyl sites for hydroxylation is 1. The van der Waals surface area contributed by atoms with Crippen LogP contribution in [-0.2, 0) is 6.54 Å². The van der Waals surface area contributed by atoms with Crippen LogP contribution in [0.4, 0.5) is 0 Å². The van der Waals surface area contributed by atoms with Gasteiger partial charge in [-0.2, -0.15) is 0 Å². The van der Waals surface area contributed by atoms with Crippen molar-refractivity contribution in [2.45, 2.75) is 39.8 Å². The highest BCUT2D eigenvalue weighted by molar-refractivity contribution is 7.71. The fourth-order valence-corrected chi connectivity index (χ4v) is 3.59. The zero-order chi connectivity index (χ0) is 14.3. The Bertz CT molecular complexity index is 668. The maximum absolute atomic E-state index is 5.52. The van der Waals surface area contributed by atoms with Crippen LogP contribution >= 0.6 is 12.2 Å². The molecular formula is C16H23N3S. The molecule has 0 spiro atoms. The Kier molecular flexibility index (Phi) is 3.69. The minimum Gasteiger partial charge on any atom is -0.331 e. The van der Waals surface area contributed by atoms with E-state index in [9.17, 15) is 0 Å². The number of nitrogens with one attached hydrogen (secondary N) is 1.